The summed E-state index contributed by atoms with van der Waals surface area (Å²) in [5, 5.41) is 11.8. The first-order valence-electron chi connectivity index (χ1n) is 10.2. The van der Waals surface area contributed by atoms with Gasteiger partial charge in [0.2, 0.25) is 11.7 Å². The molecule has 0 unspecified atom stereocenters. The minimum Gasteiger partial charge on any atom is -0.323 e. The molecular formula is C22H21F2N5O2S. The number of unbranched alkanes of at least 4 members (excludes halogenated alkanes) is 2. The number of aromatic nitrogens is 4. The van der Waals surface area contributed by atoms with E-state index in [-0.39, 0.29) is 17.0 Å². The van der Waals surface area contributed by atoms with Crippen LogP contribution in [0, 0.1) is 11.6 Å². The molecule has 10 heteroatoms. The molecule has 32 heavy (non-hydrogen) atoms. The summed E-state index contributed by atoms with van der Waals surface area (Å²) in [5.74, 6) is -1.70. The van der Waals surface area contributed by atoms with Gasteiger partial charge < -0.3 is 5.32 Å². The van der Waals surface area contributed by atoms with E-state index in [9.17, 15) is 18.4 Å². The number of nitrogens with one attached hydrogen (secondary N) is 1. The van der Waals surface area contributed by atoms with Gasteiger partial charge in [-0.15, -0.1) is 10.2 Å². The van der Waals surface area contributed by atoms with Crippen LogP contribution in [-0.4, -0.2) is 30.8 Å². The number of aryl methyl sites for hydroxylation is 1. The monoisotopic (exact) mass is 457 g/mol. The molecule has 0 aliphatic carbocycles. The Kier molecular flexibility index (Phi) is 6.50. The number of anilines is 1. The minimum absolute atomic E-state index is 0.0686. The Labute approximate surface area is 186 Å². The number of thioether (sulfide) groups is 1. The van der Waals surface area contributed by atoms with Crippen LogP contribution >= 0.6 is 11.8 Å². The molecule has 166 valence electrons. The fourth-order valence-electron chi connectivity index (χ4n) is 3.46. The van der Waals surface area contributed by atoms with Crippen molar-refractivity contribution in [2.24, 2.45) is 0 Å². The minimum atomic E-state index is -0.849. The second-order valence-corrected chi connectivity index (χ2v) is 8.20. The van der Waals surface area contributed by atoms with E-state index in [1.807, 2.05) is 12.1 Å². The van der Waals surface area contributed by atoms with Crippen molar-refractivity contribution in [1.82, 2.24) is 19.2 Å². The Morgan fingerprint density at radius 3 is 2.72 bits per heavy atom. The van der Waals surface area contributed by atoms with Gasteiger partial charge in [0.25, 0.3) is 5.56 Å². The zero-order valence-electron chi connectivity index (χ0n) is 17.3. The zero-order valence-corrected chi connectivity index (χ0v) is 18.2. The third-order valence-corrected chi connectivity index (χ3v) is 5.93. The molecule has 0 aliphatic rings. The molecule has 0 spiro atoms. The smallest absolute Gasteiger partial charge is 0.262 e. The molecule has 4 aromatic rings. The van der Waals surface area contributed by atoms with Gasteiger partial charge in [-0.25, -0.2) is 8.78 Å². The Hall–Kier alpha value is -3.27. The first kappa shape index (κ1) is 21.9. The van der Waals surface area contributed by atoms with Crippen LogP contribution in [0.5, 0.6) is 0 Å². The van der Waals surface area contributed by atoms with Gasteiger partial charge in [0.15, 0.2) is 5.16 Å². The Bertz CT molecular complexity index is 1350. The molecule has 0 saturated carbocycles. The quantitative estimate of drug-likeness (QED) is 0.316. The highest BCUT2D eigenvalue weighted by atomic mass is 32.2. The summed E-state index contributed by atoms with van der Waals surface area (Å²) in [6.07, 6.45) is 2.85. The molecule has 2 heterocycles. The van der Waals surface area contributed by atoms with E-state index in [4.69, 9.17) is 0 Å². The molecule has 0 radical (unpaired) electrons. The highest BCUT2D eigenvalue weighted by Gasteiger charge is 2.18. The molecule has 4 rings (SSSR count). The lowest BCUT2D eigenvalue weighted by molar-refractivity contribution is -0.113. The van der Waals surface area contributed by atoms with Crippen LogP contribution in [0.25, 0.3) is 16.7 Å². The number of hydrogen-bond donors (Lipinski definition) is 1. The molecule has 0 aliphatic heterocycles. The molecular weight excluding hydrogens is 436 g/mol. The Balaban J connectivity index is 1.63. The fourth-order valence-corrected chi connectivity index (χ4v) is 4.20. The van der Waals surface area contributed by atoms with Crippen LogP contribution in [0.4, 0.5) is 14.5 Å². The zero-order chi connectivity index (χ0) is 22.7. The van der Waals surface area contributed by atoms with E-state index in [2.05, 4.69) is 22.4 Å². The van der Waals surface area contributed by atoms with E-state index in [1.165, 1.54) is 6.07 Å². The van der Waals surface area contributed by atoms with Crippen LogP contribution in [0.1, 0.15) is 26.2 Å². The highest BCUT2D eigenvalue weighted by Crippen LogP contribution is 2.22. The number of benzene rings is 2. The number of para-hydroxylation sites is 1. The molecule has 0 saturated heterocycles. The van der Waals surface area contributed by atoms with Crippen LogP contribution in [0.3, 0.4) is 0 Å². The van der Waals surface area contributed by atoms with E-state index < -0.39 is 17.5 Å². The third kappa shape index (κ3) is 4.36. The van der Waals surface area contributed by atoms with Gasteiger partial charge in [-0.2, -0.15) is 0 Å². The summed E-state index contributed by atoms with van der Waals surface area (Å²) < 4.78 is 30.2. The number of halogens is 2. The van der Waals surface area contributed by atoms with Crippen molar-refractivity contribution < 1.29 is 13.6 Å². The van der Waals surface area contributed by atoms with Gasteiger partial charge in [-0.1, -0.05) is 43.7 Å². The second-order valence-electron chi connectivity index (χ2n) is 7.26. The summed E-state index contributed by atoms with van der Waals surface area (Å²) in [7, 11) is 0. The third-order valence-electron chi connectivity index (χ3n) is 5.00. The molecule has 1 amide bonds. The molecule has 0 bridgehead atoms. The van der Waals surface area contributed by atoms with Crippen molar-refractivity contribution in [3.63, 3.8) is 0 Å². The van der Waals surface area contributed by atoms with Gasteiger partial charge in [-0.3, -0.25) is 18.6 Å². The van der Waals surface area contributed by atoms with Crippen molar-refractivity contribution in [3.8, 4) is 0 Å². The topological polar surface area (TPSA) is 81.3 Å². The van der Waals surface area contributed by atoms with E-state index in [0.29, 0.717) is 34.4 Å². The van der Waals surface area contributed by atoms with Crippen molar-refractivity contribution in [1.29, 1.82) is 0 Å². The summed E-state index contributed by atoms with van der Waals surface area (Å²) in [6, 6.07) is 10.1. The highest BCUT2D eigenvalue weighted by molar-refractivity contribution is 7.99. The van der Waals surface area contributed by atoms with Crippen LogP contribution < -0.4 is 10.9 Å². The molecule has 2 aromatic heterocycles. The SMILES string of the molecule is CCCCCn1c(=O)c2ccccc2n2c(SCC(=O)Nc3ccc(F)cc3F)nnc12. The standard InChI is InChI=1S/C22H21F2N5O2S/c1-2-3-6-11-28-20(31)15-7-4-5-8-18(15)29-21(28)26-27-22(29)32-13-19(30)25-17-10-9-14(23)12-16(17)24/h4-5,7-10,12H,2-3,6,11,13H2,1H3,(H,25,30). The van der Waals surface area contributed by atoms with Gasteiger partial charge in [0.1, 0.15) is 11.6 Å². The lowest BCUT2D eigenvalue weighted by Crippen LogP contribution is -2.23. The summed E-state index contributed by atoms with van der Waals surface area (Å²) in [6.45, 7) is 2.61. The van der Waals surface area contributed by atoms with Gasteiger partial charge in [0.05, 0.1) is 22.3 Å². The lowest BCUT2D eigenvalue weighted by atomic mass is 10.2. The van der Waals surface area contributed by atoms with Crippen molar-refractivity contribution in [2.45, 2.75) is 37.9 Å². The van der Waals surface area contributed by atoms with Crippen LogP contribution in [-0.2, 0) is 11.3 Å². The summed E-state index contributed by atoms with van der Waals surface area (Å²) in [5.41, 5.74) is 0.424. The van der Waals surface area contributed by atoms with Crippen molar-refractivity contribution >= 4 is 40.0 Å². The fraction of sp³-hybridized carbons (Fsp3) is 0.273. The van der Waals surface area contributed by atoms with E-state index >= 15 is 0 Å². The first-order chi connectivity index (χ1) is 15.5. The second kappa shape index (κ2) is 9.47. The average molecular weight is 458 g/mol. The van der Waals surface area contributed by atoms with Crippen molar-refractivity contribution in [2.75, 3.05) is 11.1 Å². The Morgan fingerprint density at radius 1 is 1.12 bits per heavy atom. The molecule has 2 aromatic carbocycles. The van der Waals surface area contributed by atoms with Crippen LogP contribution in [0.2, 0.25) is 0 Å². The molecule has 0 atom stereocenters. The van der Waals surface area contributed by atoms with Gasteiger partial charge in [-0.05, 0) is 30.7 Å². The maximum absolute atomic E-state index is 13.8. The molecule has 7 nitrogen and oxygen atoms in total. The number of fused-ring (bicyclic) bond motifs is 3. The average Bonchev–Trinajstić information content (AvgIpc) is 3.20. The van der Waals surface area contributed by atoms with Crippen LogP contribution in [0.15, 0.2) is 52.4 Å². The molecule has 0 fully saturated rings. The largest absolute Gasteiger partial charge is 0.323 e. The number of carbonyl (C=O) groups is 1. The number of carbonyl (C=O) groups excluding carboxylic acids is 1. The number of nitrogens with zero attached hydrogens (tertiary/aromatic N) is 4. The normalized spacial score (nSPS) is 11.3. The molecule has 1 N–H and O–H groups in total. The summed E-state index contributed by atoms with van der Waals surface area (Å²) >= 11 is 1.12. The number of hydrogen-bond acceptors (Lipinski definition) is 5. The van der Waals surface area contributed by atoms with Gasteiger partial charge >= 0.3 is 0 Å². The van der Waals surface area contributed by atoms with E-state index in [1.54, 1.807) is 21.1 Å². The predicted molar refractivity (Wildman–Crippen MR) is 120 cm³/mol. The maximum Gasteiger partial charge on any atom is 0.262 e. The number of amides is 1. The summed E-state index contributed by atoms with van der Waals surface area (Å²) in [4.78, 5) is 25.4. The van der Waals surface area contributed by atoms with E-state index in [0.717, 1.165) is 37.1 Å². The number of rotatable bonds is 8. The van der Waals surface area contributed by atoms with Gasteiger partial charge in [0, 0.05) is 12.6 Å². The predicted octanol–water partition coefficient (Wildman–Crippen LogP) is 4.24. The van der Waals surface area contributed by atoms with Crippen molar-refractivity contribution in [3.05, 3.63) is 64.5 Å². The Morgan fingerprint density at radius 2 is 1.94 bits per heavy atom. The maximum atomic E-state index is 13.8. The lowest BCUT2D eigenvalue weighted by Gasteiger charge is -2.11. The first-order valence-corrected chi connectivity index (χ1v) is 11.2.